The van der Waals surface area contributed by atoms with Crippen molar-refractivity contribution in [1.29, 1.82) is 0 Å². The zero-order valence-corrected chi connectivity index (χ0v) is 13.4. The minimum atomic E-state index is 0.0821. The predicted molar refractivity (Wildman–Crippen MR) is 82.6 cm³/mol. The van der Waals surface area contributed by atoms with Crippen molar-refractivity contribution in [3.05, 3.63) is 51.2 Å². The molecule has 0 saturated carbocycles. The van der Waals surface area contributed by atoms with Crippen molar-refractivity contribution < 1.29 is 0 Å². The number of rotatable bonds is 5. The van der Waals surface area contributed by atoms with Crippen LogP contribution in [0.3, 0.4) is 0 Å². The Kier molecular flexibility index (Phi) is 5.02. The third-order valence-corrected chi connectivity index (χ3v) is 3.95. The van der Waals surface area contributed by atoms with Gasteiger partial charge in [-0.05, 0) is 37.2 Å². The van der Waals surface area contributed by atoms with E-state index in [-0.39, 0.29) is 6.04 Å². The topological polar surface area (TPSA) is 29.9 Å². The van der Waals surface area contributed by atoms with Gasteiger partial charge in [0.2, 0.25) is 0 Å². The van der Waals surface area contributed by atoms with E-state index in [0.717, 1.165) is 33.6 Å². The zero-order valence-electron chi connectivity index (χ0n) is 11.0. The largest absolute Gasteiger partial charge is 0.309 e. The first-order chi connectivity index (χ1) is 9.15. The van der Waals surface area contributed by atoms with Crippen LogP contribution in [-0.4, -0.2) is 16.8 Å². The third-order valence-electron chi connectivity index (χ3n) is 3.00. The van der Waals surface area contributed by atoms with Gasteiger partial charge in [-0.1, -0.05) is 34.5 Å². The van der Waals surface area contributed by atoms with Crippen LogP contribution in [0.2, 0.25) is 5.02 Å². The second-order valence-electron chi connectivity index (χ2n) is 4.42. The standard InChI is InChI=1S/C14H17BrClN3/c1-3-6-19-9-10(8-18-19)14(17-2)12-7-11(16)4-5-13(12)15/h4-5,7-9,14,17H,3,6H2,1-2H3. The van der Waals surface area contributed by atoms with Crippen molar-refractivity contribution in [2.45, 2.75) is 25.9 Å². The lowest BCUT2D eigenvalue weighted by Gasteiger charge is -2.17. The Morgan fingerprint density at radius 2 is 2.26 bits per heavy atom. The highest BCUT2D eigenvalue weighted by Crippen LogP contribution is 2.30. The number of halogens is 2. The minimum Gasteiger partial charge on any atom is -0.309 e. The van der Waals surface area contributed by atoms with E-state index in [4.69, 9.17) is 11.6 Å². The van der Waals surface area contributed by atoms with E-state index in [9.17, 15) is 0 Å². The molecule has 1 heterocycles. The molecule has 0 saturated heterocycles. The van der Waals surface area contributed by atoms with Crippen LogP contribution in [0.25, 0.3) is 0 Å². The molecule has 1 unspecified atom stereocenters. The molecule has 1 atom stereocenters. The van der Waals surface area contributed by atoms with Crippen LogP contribution in [0.4, 0.5) is 0 Å². The van der Waals surface area contributed by atoms with Crippen LogP contribution in [0.5, 0.6) is 0 Å². The molecule has 102 valence electrons. The van der Waals surface area contributed by atoms with Gasteiger partial charge >= 0.3 is 0 Å². The molecule has 19 heavy (non-hydrogen) atoms. The molecule has 1 aromatic heterocycles. The number of aromatic nitrogens is 2. The molecule has 0 amide bonds. The average Bonchev–Trinajstić information content (AvgIpc) is 2.83. The fourth-order valence-corrected chi connectivity index (χ4v) is 2.77. The Morgan fingerprint density at radius 3 is 2.95 bits per heavy atom. The molecular weight excluding hydrogens is 326 g/mol. The van der Waals surface area contributed by atoms with Crippen molar-refractivity contribution in [3.63, 3.8) is 0 Å². The lowest BCUT2D eigenvalue weighted by molar-refractivity contribution is 0.600. The summed E-state index contributed by atoms with van der Waals surface area (Å²) in [5, 5.41) is 8.43. The van der Waals surface area contributed by atoms with E-state index in [2.05, 4.69) is 39.5 Å². The fraction of sp³-hybridized carbons (Fsp3) is 0.357. The van der Waals surface area contributed by atoms with Crippen molar-refractivity contribution >= 4 is 27.5 Å². The third kappa shape index (κ3) is 3.38. The number of benzene rings is 1. The lowest BCUT2D eigenvalue weighted by Crippen LogP contribution is -2.17. The van der Waals surface area contributed by atoms with Gasteiger partial charge in [-0.25, -0.2) is 0 Å². The van der Waals surface area contributed by atoms with Gasteiger partial charge in [0, 0.05) is 27.8 Å². The van der Waals surface area contributed by atoms with E-state index < -0.39 is 0 Å². The van der Waals surface area contributed by atoms with Crippen LogP contribution in [0, 0.1) is 0 Å². The zero-order chi connectivity index (χ0) is 13.8. The molecule has 0 fully saturated rings. The van der Waals surface area contributed by atoms with E-state index in [1.54, 1.807) is 0 Å². The van der Waals surface area contributed by atoms with Crippen LogP contribution in [-0.2, 0) is 6.54 Å². The fourth-order valence-electron chi connectivity index (χ4n) is 2.12. The summed E-state index contributed by atoms with van der Waals surface area (Å²) in [6.45, 7) is 3.08. The van der Waals surface area contributed by atoms with Crippen molar-refractivity contribution in [2.75, 3.05) is 7.05 Å². The van der Waals surface area contributed by atoms with Gasteiger partial charge in [0.15, 0.2) is 0 Å². The Labute approximate surface area is 127 Å². The summed E-state index contributed by atoms with van der Waals surface area (Å²) >= 11 is 9.67. The molecule has 0 aliphatic heterocycles. The van der Waals surface area contributed by atoms with Crippen LogP contribution >= 0.6 is 27.5 Å². The molecule has 1 N–H and O–H groups in total. The van der Waals surface area contributed by atoms with Gasteiger partial charge in [0.25, 0.3) is 0 Å². The van der Waals surface area contributed by atoms with Gasteiger partial charge in [0.1, 0.15) is 0 Å². The number of aryl methyl sites for hydroxylation is 1. The summed E-state index contributed by atoms with van der Waals surface area (Å²) in [6.07, 6.45) is 5.06. The van der Waals surface area contributed by atoms with Gasteiger partial charge in [-0.15, -0.1) is 0 Å². The molecule has 0 bridgehead atoms. The van der Waals surface area contributed by atoms with Crippen molar-refractivity contribution in [2.24, 2.45) is 0 Å². The molecule has 0 aliphatic rings. The quantitative estimate of drug-likeness (QED) is 0.889. The van der Waals surface area contributed by atoms with Crippen molar-refractivity contribution in [3.8, 4) is 0 Å². The maximum atomic E-state index is 6.09. The summed E-state index contributed by atoms with van der Waals surface area (Å²) in [4.78, 5) is 0. The normalized spacial score (nSPS) is 12.6. The highest BCUT2D eigenvalue weighted by atomic mass is 79.9. The average molecular weight is 343 g/mol. The van der Waals surface area contributed by atoms with Crippen molar-refractivity contribution in [1.82, 2.24) is 15.1 Å². The molecular formula is C14H17BrClN3. The predicted octanol–water partition coefficient (Wildman–Crippen LogP) is 4.02. The molecule has 5 heteroatoms. The van der Waals surface area contributed by atoms with Crippen LogP contribution in [0.15, 0.2) is 35.1 Å². The number of nitrogens with zero attached hydrogens (tertiary/aromatic N) is 2. The lowest BCUT2D eigenvalue weighted by atomic mass is 10.0. The Balaban J connectivity index is 2.35. The number of hydrogen-bond acceptors (Lipinski definition) is 2. The first kappa shape index (κ1) is 14.6. The van der Waals surface area contributed by atoms with Gasteiger partial charge in [-0.3, -0.25) is 4.68 Å². The molecule has 3 nitrogen and oxygen atoms in total. The SMILES string of the molecule is CCCn1cc(C(NC)c2cc(Cl)ccc2Br)cn1. The second-order valence-corrected chi connectivity index (χ2v) is 5.72. The molecule has 1 aromatic carbocycles. The summed E-state index contributed by atoms with van der Waals surface area (Å²) < 4.78 is 3.01. The summed E-state index contributed by atoms with van der Waals surface area (Å²) in [5.41, 5.74) is 2.25. The molecule has 0 aliphatic carbocycles. The van der Waals surface area contributed by atoms with Gasteiger partial charge in [-0.2, -0.15) is 5.10 Å². The molecule has 0 radical (unpaired) electrons. The van der Waals surface area contributed by atoms with E-state index in [1.807, 2.05) is 36.1 Å². The van der Waals surface area contributed by atoms with Crippen LogP contribution in [0.1, 0.15) is 30.5 Å². The van der Waals surface area contributed by atoms with Gasteiger partial charge in [0.05, 0.1) is 12.2 Å². The first-order valence-corrected chi connectivity index (χ1v) is 7.47. The first-order valence-electron chi connectivity index (χ1n) is 6.30. The van der Waals surface area contributed by atoms with Gasteiger partial charge < -0.3 is 5.32 Å². The van der Waals surface area contributed by atoms with E-state index >= 15 is 0 Å². The maximum absolute atomic E-state index is 6.09. The van der Waals surface area contributed by atoms with Crippen LogP contribution < -0.4 is 5.32 Å². The summed E-state index contributed by atoms with van der Waals surface area (Å²) in [6, 6.07) is 5.91. The minimum absolute atomic E-state index is 0.0821. The Bertz CT molecular complexity index is 553. The monoisotopic (exact) mass is 341 g/mol. The Morgan fingerprint density at radius 1 is 1.47 bits per heavy atom. The summed E-state index contributed by atoms with van der Waals surface area (Å²) in [7, 11) is 1.94. The molecule has 2 aromatic rings. The summed E-state index contributed by atoms with van der Waals surface area (Å²) in [5.74, 6) is 0. The van der Waals surface area contributed by atoms with E-state index in [0.29, 0.717) is 0 Å². The number of hydrogen-bond donors (Lipinski definition) is 1. The number of nitrogens with one attached hydrogen (secondary N) is 1. The van der Waals surface area contributed by atoms with E-state index in [1.165, 1.54) is 0 Å². The highest BCUT2D eigenvalue weighted by molar-refractivity contribution is 9.10. The maximum Gasteiger partial charge on any atom is 0.0617 e. The second kappa shape index (κ2) is 6.55. The Hall–Kier alpha value is -0.840. The smallest absolute Gasteiger partial charge is 0.0617 e. The molecule has 0 spiro atoms. The highest BCUT2D eigenvalue weighted by Gasteiger charge is 2.17. The molecule has 2 rings (SSSR count).